The predicted molar refractivity (Wildman–Crippen MR) is 64.0 cm³/mol. The van der Waals surface area contributed by atoms with Crippen LogP contribution in [0.2, 0.25) is 0 Å². The van der Waals surface area contributed by atoms with Crippen molar-refractivity contribution in [2.24, 2.45) is 0 Å². The molecule has 1 saturated carbocycles. The van der Waals surface area contributed by atoms with Crippen LogP contribution in [-0.4, -0.2) is 17.5 Å². The number of hydrogen-bond acceptors (Lipinski definition) is 1. The van der Waals surface area contributed by atoms with Gasteiger partial charge in [0, 0.05) is 17.5 Å². The molecule has 0 aromatic heterocycles. The van der Waals surface area contributed by atoms with E-state index in [1.165, 1.54) is 38.5 Å². The molecule has 1 aliphatic rings. The summed E-state index contributed by atoms with van der Waals surface area (Å²) in [5.41, 5.74) is 0.219. The van der Waals surface area contributed by atoms with Gasteiger partial charge in [-0.15, -0.1) is 11.6 Å². The lowest BCUT2D eigenvalue weighted by atomic mass is 9.98. The molecule has 0 atom stereocenters. The maximum Gasteiger partial charge on any atom is 0.0240 e. The van der Waals surface area contributed by atoms with Crippen molar-refractivity contribution < 1.29 is 0 Å². The Morgan fingerprint density at radius 2 is 1.71 bits per heavy atom. The van der Waals surface area contributed by atoms with E-state index >= 15 is 0 Å². The first kappa shape index (κ1) is 12.3. The summed E-state index contributed by atoms with van der Waals surface area (Å²) in [6.07, 6.45) is 9.41. The SMILES string of the molecule is CC(C)(CCCl)NC1CCCCCC1. The van der Waals surface area contributed by atoms with E-state index in [1.54, 1.807) is 0 Å². The summed E-state index contributed by atoms with van der Waals surface area (Å²) in [5, 5.41) is 3.75. The van der Waals surface area contributed by atoms with Gasteiger partial charge >= 0.3 is 0 Å². The number of hydrogen-bond donors (Lipinski definition) is 1. The van der Waals surface area contributed by atoms with Gasteiger partial charge in [0.1, 0.15) is 0 Å². The lowest BCUT2D eigenvalue weighted by molar-refractivity contribution is 0.306. The van der Waals surface area contributed by atoms with Gasteiger partial charge in [0.25, 0.3) is 0 Å². The Morgan fingerprint density at radius 3 is 2.21 bits per heavy atom. The summed E-state index contributed by atoms with van der Waals surface area (Å²) in [7, 11) is 0. The van der Waals surface area contributed by atoms with Crippen LogP contribution in [0.1, 0.15) is 58.8 Å². The summed E-state index contributed by atoms with van der Waals surface area (Å²) in [5.74, 6) is 0.757. The minimum atomic E-state index is 0.219. The number of rotatable bonds is 4. The van der Waals surface area contributed by atoms with Crippen molar-refractivity contribution in [1.82, 2.24) is 5.32 Å². The van der Waals surface area contributed by atoms with Crippen LogP contribution >= 0.6 is 11.6 Å². The second-order valence-corrected chi connectivity index (χ2v) is 5.53. The Kier molecular flexibility index (Phi) is 5.25. The minimum Gasteiger partial charge on any atom is -0.309 e. The van der Waals surface area contributed by atoms with Gasteiger partial charge in [0.15, 0.2) is 0 Å². The molecule has 0 saturated heterocycles. The third-order valence-electron chi connectivity index (χ3n) is 3.17. The zero-order chi connectivity index (χ0) is 10.4. The molecule has 14 heavy (non-hydrogen) atoms. The summed E-state index contributed by atoms with van der Waals surface area (Å²) < 4.78 is 0. The van der Waals surface area contributed by atoms with Gasteiger partial charge in [-0.2, -0.15) is 0 Å². The summed E-state index contributed by atoms with van der Waals surface area (Å²) in [6, 6.07) is 0.732. The zero-order valence-corrected chi connectivity index (χ0v) is 10.4. The zero-order valence-electron chi connectivity index (χ0n) is 9.61. The number of nitrogens with one attached hydrogen (secondary N) is 1. The van der Waals surface area contributed by atoms with Crippen LogP contribution in [0, 0.1) is 0 Å². The fourth-order valence-electron chi connectivity index (χ4n) is 2.28. The van der Waals surface area contributed by atoms with E-state index in [1.807, 2.05) is 0 Å². The maximum atomic E-state index is 5.80. The third kappa shape index (κ3) is 4.65. The summed E-state index contributed by atoms with van der Waals surface area (Å²) >= 11 is 5.80. The summed E-state index contributed by atoms with van der Waals surface area (Å²) in [4.78, 5) is 0. The molecule has 0 amide bonds. The topological polar surface area (TPSA) is 12.0 Å². The Bertz CT molecular complexity index is 148. The van der Waals surface area contributed by atoms with E-state index in [4.69, 9.17) is 11.6 Å². The molecule has 1 fully saturated rings. The minimum absolute atomic E-state index is 0.219. The first-order valence-electron chi connectivity index (χ1n) is 5.98. The van der Waals surface area contributed by atoms with Crippen molar-refractivity contribution in [2.75, 3.05) is 5.88 Å². The maximum absolute atomic E-state index is 5.80. The molecule has 0 spiro atoms. The molecule has 0 aliphatic heterocycles. The van der Waals surface area contributed by atoms with E-state index in [0.29, 0.717) is 0 Å². The highest BCUT2D eigenvalue weighted by Gasteiger charge is 2.21. The average Bonchev–Trinajstić information content (AvgIpc) is 2.31. The van der Waals surface area contributed by atoms with Crippen molar-refractivity contribution >= 4 is 11.6 Å². The van der Waals surface area contributed by atoms with Crippen LogP contribution < -0.4 is 5.32 Å². The molecular formula is C12H24ClN. The van der Waals surface area contributed by atoms with Crippen LogP contribution in [-0.2, 0) is 0 Å². The molecule has 0 radical (unpaired) electrons. The monoisotopic (exact) mass is 217 g/mol. The van der Waals surface area contributed by atoms with Crippen molar-refractivity contribution in [3.63, 3.8) is 0 Å². The van der Waals surface area contributed by atoms with Crippen molar-refractivity contribution in [2.45, 2.75) is 70.4 Å². The van der Waals surface area contributed by atoms with Crippen molar-refractivity contribution in [3.8, 4) is 0 Å². The van der Waals surface area contributed by atoms with Gasteiger partial charge < -0.3 is 5.32 Å². The number of halogens is 1. The van der Waals surface area contributed by atoms with Gasteiger partial charge in [0.05, 0.1) is 0 Å². The normalized spacial score (nSPS) is 20.8. The van der Waals surface area contributed by atoms with Gasteiger partial charge in [-0.1, -0.05) is 25.7 Å². The van der Waals surface area contributed by atoms with E-state index in [9.17, 15) is 0 Å². The van der Waals surface area contributed by atoms with Gasteiger partial charge in [-0.05, 0) is 33.1 Å². The van der Waals surface area contributed by atoms with Crippen LogP contribution in [0.4, 0.5) is 0 Å². The molecule has 0 unspecified atom stereocenters. The lowest BCUT2D eigenvalue weighted by Crippen LogP contribution is -2.46. The molecule has 1 aliphatic carbocycles. The van der Waals surface area contributed by atoms with E-state index < -0.39 is 0 Å². The molecule has 1 rings (SSSR count). The van der Waals surface area contributed by atoms with E-state index in [2.05, 4.69) is 19.2 Å². The van der Waals surface area contributed by atoms with Gasteiger partial charge in [-0.25, -0.2) is 0 Å². The first-order chi connectivity index (χ1) is 6.64. The fraction of sp³-hybridized carbons (Fsp3) is 1.00. The Morgan fingerprint density at radius 1 is 1.14 bits per heavy atom. The molecule has 1 nitrogen and oxygen atoms in total. The molecular weight excluding hydrogens is 194 g/mol. The van der Waals surface area contributed by atoms with Crippen molar-refractivity contribution in [1.29, 1.82) is 0 Å². The van der Waals surface area contributed by atoms with Crippen LogP contribution in [0.5, 0.6) is 0 Å². The average molecular weight is 218 g/mol. The quantitative estimate of drug-likeness (QED) is 0.559. The molecule has 1 N–H and O–H groups in total. The highest BCUT2D eigenvalue weighted by atomic mass is 35.5. The largest absolute Gasteiger partial charge is 0.309 e. The molecule has 2 heteroatoms. The van der Waals surface area contributed by atoms with Gasteiger partial charge in [-0.3, -0.25) is 0 Å². The third-order valence-corrected chi connectivity index (χ3v) is 3.36. The fourth-order valence-corrected chi connectivity index (χ4v) is 2.76. The molecule has 0 bridgehead atoms. The Hall–Kier alpha value is 0.250. The van der Waals surface area contributed by atoms with E-state index in [-0.39, 0.29) is 5.54 Å². The van der Waals surface area contributed by atoms with Gasteiger partial charge in [0.2, 0.25) is 0 Å². The molecule has 0 aromatic carbocycles. The molecule has 0 aromatic rings. The second kappa shape index (κ2) is 5.97. The highest BCUT2D eigenvalue weighted by Crippen LogP contribution is 2.20. The Balaban J connectivity index is 2.33. The lowest BCUT2D eigenvalue weighted by Gasteiger charge is -2.31. The van der Waals surface area contributed by atoms with E-state index in [0.717, 1.165) is 18.3 Å². The van der Waals surface area contributed by atoms with Crippen molar-refractivity contribution in [3.05, 3.63) is 0 Å². The first-order valence-corrected chi connectivity index (χ1v) is 6.51. The second-order valence-electron chi connectivity index (χ2n) is 5.16. The highest BCUT2D eigenvalue weighted by molar-refractivity contribution is 6.17. The number of alkyl halides is 1. The predicted octanol–water partition coefficient (Wildman–Crippen LogP) is 3.71. The summed E-state index contributed by atoms with van der Waals surface area (Å²) in [6.45, 7) is 4.53. The van der Waals surface area contributed by atoms with Crippen LogP contribution in [0.3, 0.4) is 0 Å². The molecule has 0 heterocycles. The van der Waals surface area contributed by atoms with Crippen LogP contribution in [0.25, 0.3) is 0 Å². The standard InChI is InChI=1S/C12H24ClN/c1-12(2,9-10-13)14-11-7-5-3-4-6-8-11/h11,14H,3-10H2,1-2H3. The molecule has 84 valence electrons. The smallest absolute Gasteiger partial charge is 0.0240 e. The van der Waals surface area contributed by atoms with Crippen LogP contribution in [0.15, 0.2) is 0 Å². The Labute approximate surface area is 93.6 Å².